The maximum Gasteiger partial charge on any atom is 0.0368 e. The Labute approximate surface area is 113 Å². The van der Waals surface area contributed by atoms with E-state index in [0.717, 1.165) is 24.8 Å². The quantitative estimate of drug-likeness (QED) is 0.826. The molecule has 98 valence electrons. The fraction of sp³-hybridized carbons (Fsp3) is 0.571. The Morgan fingerprint density at radius 3 is 2.39 bits per heavy atom. The van der Waals surface area contributed by atoms with Crippen molar-refractivity contribution in [3.8, 4) is 0 Å². The fourth-order valence-electron chi connectivity index (χ4n) is 2.84. The van der Waals surface area contributed by atoms with Gasteiger partial charge in [-0.3, -0.25) is 4.90 Å². The van der Waals surface area contributed by atoms with E-state index in [-0.39, 0.29) is 0 Å². The van der Waals surface area contributed by atoms with Crippen LogP contribution in [0.2, 0.25) is 0 Å². The Balaban J connectivity index is 1.57. The van der Waals surface area contributed by atoms with Crippen LogP contribution in [0.15, 0.2) is 24.3 Å². The summed E-state index contributed by atoms with van der Waals surface area (Å²) in [5.74, 6) is 2.69. The predicted molar refractivity (Wildman–Crippen MR) is 80.4 cm³/mol. The lowest BCUT2D eigenvalue weighted by atomic mass is 10.1. The number of nitrogen functional groups attached to an aromatic ring is 1. The number of anilines is 2. The molecule has 0 aromatic heterocycles. The molecule has 0 aliphatic carbocycles. The van der Waals surface area contributed by atoms with E-state index in [9.17, 15) is 0 Å². The molecule has 1 aromatic carbocycles. The molecule has 0 saturated carbocycles. The van der Waals surface area contributed by atoms with Crippen LogP contribution < -0.4 is 10.6 Å². The minimum Gasteiger partial charge on any atom is -0.399 e. The smallest absolute Gasteiger partial charge is 0.0368 e. The van der Waals surface area contributed by atoms with Crippen LogP contribution in [-0.2, 0) is 0 Å². The lowest BCUT2D eigenvalue weighted by Gasteiger charge is -2.39. The number of hydrogen-bond acceptors (Lipinski definition) is 4. The minimum atomic E-state index is 0.837. The van der Waals surface area contributed by atoms with Gasteiger partial charge in [0.05, 0.1) is 0 Å². The lowest BCUT2D eigenvalue weighted by molar-refractivity contribution is 0.201. The highest BCUT2D eigenvalue weighted by atomic mass is 32.2. The number of hydrogen-bond donors (Lipinski definition) is 1. The van der Waals surface area contributed by atoms with Crippen molar-refractivity contribution in [1.82, 2.24) is 4.90 Å². The Morgan fingerprint density at radius 1 is 1.06 bits per heavy atom. The first-order valence-electron chi connectivity index (χ1n) is 6.75. The molecule has 2 fully saturated rings. The van der Waals surface area contributed by atoms with Gasteiger partial charge in [0, 0.05) is 49.3 Å². The van der Waals surface area contributed by atoms with E-state index in [0.29, 0.717) is 0 Å². The van der Waals surface area contributed by atoms with Crippen LogP contribution in [-0.4, -0.2) is 48.6 Å². The van der Waals surface area contributed by atoms with Crippen LogP contribution in [0, 0.1) is 0 Å². The molecule has 2 N–H and O–H groups in total. The Kier molecular flexibility index (Phi) is 3.66. The third-order valence-electron chi connectivity index (χ3n) is 3.99. The molecule has 1 atom stereocenters. The van der Waals surface area contributed by atoms with Gasteiger partial charge in [-0.25, -0.2) is 0 Å². The van der Waals surface area contributed by atoms with Crippen LogP contribution in [0.5, 0.6) is 0 Å². The zero-order valence-corrected chi connectivity index (χ0v) is 11.5. The highest BCUT2D eigenvalue weighted by Crippen LogP contribution is 2.24. The molecule has 0 spiro atoms. The summed E-state index contributed by atoms with van der Waals surface area (Å²) in [7, 11) is 0. The molecule has 3 rings (SSSR count). The van der Waals surface area contributed by atoms with E-state index in [1.54, 1.807) is 0 Å². The van der Waals surface area contributed by atoms with Gasteiger partial charge in [0.15, 0.2) is 0 Å². The first kappa shape index (κ1) is 12.2. The molecule has 2 heterocycles. The first-order chi connectivity index (χ1) is 8.83. The zero-order valence-electron chi connectivity index (χ0n) is 10.7. The molecule has 2 aliphatic rings. The number of piperazine rings is 1. The van der Waals surface area contributed by atoms with Crippen molar-refractivity contribution in [2.75, 3.05) is 48.3 Å². The van der Waals surface area contributed by atoms with Crippen LogP contribution >= 0.6 is 11.8 Å². The van der Waals surface area contributed by atoms with Gasteiger partial charge < -0.3 is 10.6 Å². The highest BCUT2D eigenvalue weighted by molar-refractivity contribution is 7.99. The summed E-state index contributed by atoms with van der Waals surface area (Å²) >= 11 is 2.11. The second kappa shape index (κ2) is 5.41. The van der Waals surface area contributed by atoms with Crippen molar-refractivity contribution in [2.45, 2.75) is 12.5 Å². The summed E-state index contributed by atoms with van der Waals surface area (Å²) in [6, 6.07) is 9.10. The molecule has 18 heavy (non-hydrogen) atoms. The van der Waals surface area contributed by atoms with Gasteiger partial charge in [-0.1, -0.05) is 0 Å². The number of benzene rings is 1. The van der Waals surface area contributed by atoms with Gasteiger partial charge in [0.1, 0.15) is 0 Å². The molecule has 0 bridgehead atoms. The van der Waals surface area contributed by atoms with Gasteiger partial charge in [0.25, 0.3) is 0 Å². The van der Waals surface area contributed by atoms with Crippen LogP contribution in [0.25, 0.3) is 0 Å². The van der Waals surface area contributed by atoms with E-state index in [1.165, 1.54) is 36.7 Å². The van der Waals surface area contributed by atoms with Gasteiger partial charge >= 0.3 is 0 Å². The van der Waals surface area contributed by atoms with Crippen molar-refractivity contribution >= 4 is 23.1 Å². The largest absolute Gasteiger partial charge is 0.399 e. The van der Waals surface area contributed by atoms with E-state index in [1.807, 2.05) is 12.1 Å². The predicted octanol–water partition coefficient (Wildman–Crippen LogP) is 1.90. The maximum absolute atomic E-state index is 5.73. The summed E-state index contributed by atoms with van der Waals surface area (Å²) < 4.78 is 0. The monoisotopic (exact) mass is 263 g/mol. The molecule has 1 aromatic rings. The molecular formula is C14H21N3S. The van der Waals surface area contributed by atoms with Crippen molar-refractivity contribution in [3.05, 3.63) is 24.3 Å². The fourth-order valence-corrected chi connectivity index (χ4v) is 4.10. The zero-order chi connectivity index (χ0) is 12.4. The number of thioether (sulfide) groups is 1. The third-order valence-corrected chi connectivity index (χ3v) is 5.14. The van der Waals surface area contributed by atoms with Gasteiger partial charge in [-0.05, 0) is 36.4 Å². The first-order valence-corrected chi connectivity index (χ1v) is 7.91. The van der Waals surface area contributed by atoms with Crippen LogP contribution in [0.3, 0.4) is 0 Å². The van der Waals surface area contributed by atoms with Crippen molar-refractivity contribution in [3.63, 3.8) is 0 Å². The lowest BCUT2D eigenvalue weighted by Crippen LogP contribution is -2.50. The molecule has 0 radical (unpaired) electrons. The second-order valence-corrected chi connectivity index (χ2v) is 6.28. The Bertz CT molecular complexity index is 379. The molecule has 2 aliphatic heterocycles. The molecule has 3 nitrogen and oxygen atoms in total. The van der Waals surface area contributed by atoms with Crippen LogP contribution in [0.1, 0.15) is 6.42 Å². The SMILES string of the molecule is Nc1ccc(N2CCN(C3CCSC3)CC2)cc1. The Hall–Kier alpha value is -0.870. The molecule has 4 heteroatoms. The van der Waals surface area contributed by atoms with Crippen molar-refractivity contribution in [2.24, 2.45) is 0 Å². The summed E-state index contributed by atoms with van der Waals surface area (Å²) in [6.45, 7) is 4.70. The molecule has 1 unspecified atom stereocenters. The van der Waals surface area contributed by atoms with Gasteiger partial charge in [0.2, 0.25) is 0 Å². The summed E-state index contributed by atoms with van der Waals surface area (Å²) in [6.07, 6.45) is 1.38. The van der Waals surface area contributed by atoms with E-state index < -0.39 is 0 Å². The molecule has 2 saturated heterocycles. The normalized spacial score (nSPS) is 25.6. The summed E-state index contributed by atoms with van der Waals surface area (Å²) in [5.41, 5.74) is 7.89. The summed E-state index contributed by atoms with van der Waals surface area (Å²) in [4.78, 5) is 5.14. The van der Waals surface area contributed by atoms with Gasteiger partial charge in [-0.15, -0.1) is 0 Å². The number of rotatable bonds is 2. The average molecular weight is 263 g/mol. The minimum absolute atomic E-state index is 0.837. The number of nitrogens with zero attached hydrogens (tertiary/aromatic N) is 2. The van der Waals surface area contributed by atoms with Crippen LogP contribution in [0.4, 0.5) is 11.4 Å². The maximum atomic E-state index is 5.73. The highest BCUT2D eigenvalue weighted by Gasteiger charge is 2.26. The molecular weight excluding hydrogens is 242 g/mol. The van der Waals surface area contributed by atoms with E-state index in [2.05, 4.69) is 33.7 Å². The molecule has 0 amide bonds. The second-order valence-electron chi connectivity index (χ2n) is 5.13. The summed E-state index contributed by atoms with van der Waals surface area (Å²) in [5, 5.41) is 0. The number of nitrogens with two attached hydrogens (primary N) is 1. The average Bonchev–Trinajstić information content (AvgIpc) is 2.94. The van der Waals surface area contributed by atoms with E-state index in [4.69, 9.17) is 5.73 Å². The standard InChI is InChI=1S/C14H21N3S/c15-12-1-3-13(4-2-12)16-6-8-17(9-7-16)14-5-10-18-11-14/h1-4,14H,5-11,15H2. The third kappa shape index (κ3) is 2.59. The van der Waals surface area contributed by atoms with Crippen molar-refractivity contribution in [1.29, 1.82) is 0 Å². The van der Waals surface area contributed by atoms with Crippen molar-refractivity contribution < 1.29 is 0 Å². The Morgan fingerprint density at radius 2 is 1.78 bits per heavy atom. The van der Waals surface area contributed by atoms with Gasteiger partial charge in [-0.2, -0.15) is 11.8 Å². The topological polar surface area (TPSA) is 32.5 Å². The van der Waals surface area contributed by atoms with E-state index >= 15 is 0 Å².